The van der Waals surface area contributed by atoms with Crippen molar-refractivity contribution in [2.45, 2.75) is 38.1 Å². The predicted octanol–water partition coefficient (Wildman–Crippen LogP) is -0.463. The van der Waals surface area contributed by atoms with Crippen LogP contribution in [0.25, 0.3) is 0 Å². The second-order valence-electron chi connectivity index (χ2n) is 6.22. The summed E-state index contributed by atoms with van der Waals surface area (Å²) in [6, 6.07) is 7.20. The van der Waals surface area contributed by atoms with Crippen LogP contribution < -0.4 is 16.4 Å². The van der Waals surface area contributed by atoms with E-state index in [1.807, 2.05) is 13.0 Å². The minimum atomic E-state index is -1.53. The summed E-state index contributed by atoms with van der Waals surface area (Å²) in [5.74, 6) is -1.38. The number of carbonyl (C=O) groups is 3. The van der Waals surface area contributed by atoms with Gasteiger partial charge in [-0.3, -0.25) is 19.7 Å². The van der Waals surface area contributed by atoms with Crippen LogP contribution in [0.2, 0.25) is 0 Å². The van der Waals surface area contributed by atoms with Crippen LogP contribution in [-0.4, -0.2) is 60.5 Å². The summed E-state index contributed by atoms with van der Waals surface area (Å²) in [5.41, 5.74) is 6.30. The van der Waals surface area contributed by atoms with Crippen molar-refractivity contribution in [2.75, 3.05) is 20.6 Å². The quantitative estimate of drug-likeness (QED) is 0.416. The first-order valence-corrected chi connectivity index (χ1v) is 8.54. The summed E-state index contributed by atoms with van der Waals surface area (Å²) in [7, 11) is 3.19. The third-order valence-electron chi connectivity index (χ3n) is 3.82. The lowest BCUT2D eigenvalue weighted by Crippen LogP contribution is -2.50. The van der Waals surface area contributed by atoms with Crippen molar-refractivity contribution in [3.63, 3.8) is 0 Å². The molecule has 0 heterocycles. The van der Waals surface area contributed by atoms with Crippen molar-refractivity contribution in [1.82, 2.24) is 15.5 Å². The summed E-state index contributed by atoms with van der Waals surface area (Å²) >= 11 is 0. The number of carbonyl (C=O) groups excluding carboxylic acids is 3. The van der Waals surface area contributed by atoms with Crippen LogP contribution in [0.15, 0.2) is 30.3 Å². The smallest absolute Gasteiger partial charge is 0.249 e. The molecule has 0 saturated carbocycles. The van der Waals surface area contributed by atoms with E-state index in [-0.39, 0.29) is 12.5 Å². The van der Waals surface area contributed by atoms with Crippen LogP contribution in [0.1, 0.15) is 31.4 Å². The fraction of sp³-hybridized carbons (Fsp3) is 0.500. The average Bonchev–Trinajstić information content (AvgIpc) is 2.63. The number of likely N-dealkylation sites (N-methyl/N-ethyl adjacent to an activating group) is 1. The fourth-order valence-corrected chi connectivity index (χ4v) is 2.35. The van der Waals surface area contributed by atoms with Gasteiger partial charge in [0.15, 0.2) is 12.0 Å². The minimum absolute atomic E-state index is 0.286. The van der Waals surface area contributed by atoms with Crippen LogP contribution in [0.4, 0.5) is 0 Å². The first kappa shape index (κ1) is 21.8. The Kier molecular flexibility index (Phi) is 8.91. The van der Waals surface area contributed by atoms with E-state index >= 15 is 0 Å². The van der Waals surface area contributed by atoms with Gasteiger partial charge in [0.25, 0.3) is 0 Å². The van der Waals surface area contributed by atoms with Crippen LogP contribution in [-0.2, 0) is 14.4 Å². The Morgan fingerprint density at radius 2 is 1.81 bits per heavy atom. The van der Waals surface area contributed by atoms with Gasteiger partial charge in [-0.25, -0.2) is 0 Å². The van der Waals surface area contributed by atoms with E-state index in [4.69, 9.17) is 5.73 Å². The van der Waals surface area contributed by atoms with Gasteiger partial charge < -0.3 is 21.1 Å². The monoisotopic (exact) mass is 364 g/mol. The van der Waals surface area contributed by atoms with Crippen molar-refractivity contribution in [2.24, 2.45) is 5.73 Å². The Morgan fingerprint density at radius 3 is 2.35 bits per heavy atom. The Bertz CT molecular complexity index is 606. The molecule has 0 spiro atoms. The first-order chi connectivity index (χ1) is 12.3. The molecular formula is C18H28N4O4. The maximum absolute atomic E-state index is 12.4. The van der Waals surface area contributed by atoms with Crippen LogP contribution in [0, 0.1) is 0 Å². The standard InChI is InChI=1S/C18H28N4O4/c1-4-8-13(19)16(24)17(25)20-11-14(23)21-15(18(26)22(2)3)12-9-6-5-7-10-12/h5-7,9-10,13,15,17,20,25H,4,8,11,19H2,1-3H3,(H,21,23)/t13?,15-,17-/m0/s1. The Balaban J connectivity index is 2.67. The number of hydrogen-bond donors (Lipinski definition) is 4. The molecule has 1 unspecified atom stereocenters. The Labute approximate surface area is 153 Å². The molecule has 0 radical (unpaired) electrons. The second-order valence-corrected chi connectivity index (χ2v) is 6.22. The molecule has 0 aliphatic rings. The molecule has 0 saturated heterocycles. The number of amides is 2. The number of nitrogens with two attached hydrogens (primary N) is 1. The third kappa shape index (κ3) is 6.55. The van der Waals surface area contributed by atoms with E-state index in [1.165, 1.54) is 4.90 Å². The van der Waals surface area contributed by atoms with E-state index in [0.717, 1.165) is 0 Å². The summed E-state index contributed by atoms with van der Waals surface area (Å²) in [5, 5.41) is 14.9. The molecule has 1 aromatic rings. The van der Waals surface area contributed by atoms with Gasteiger partial charge >= 0.3 is 0 Å². The molecule has 0 aliphatic heterocycles. The number of nitrogens with zero attached hydrogens (tertiary/aromatic N) is 1. The van der Waals surface area contributed by atoms with E-state index in [2.05, 4.69) is 10.6 Å². The van der Waals surface area contributed by atoms with Gasteiger partial charge in [-0.1, -0.05) is 43.7 Å². The molecule has 3 atom stereocenters. The average molecular weight is 364 g/mol. The normalized spacial score (nSPS) is 14.2. The number of aliphatic hydroxyl groups is 1. The van der Waals surface area contributed by atoms with Gasteiger partial charge in [0.2, 0.25) is 11.8 Å². The molecule has 8 heteroatoms. The molecule has 1 rings (SSSR count). The minimum Gasteiger partial charge on any atom is -0.371 e. The van der Waals surface area contributed by atoms with Gasteiger partial charge in [0.1, 0.15) is 6.04 Å². The van der Waals surface area contributed by atoms with Gasteiger partial charge in [-0.2, -0.15) is 0 Å². The number of nitrogens with one attached hydrogen (secondary N) is 2. The van der Waals surface area contributed by atoms with E-state index in [0.29, 0.717) is 18.4 Å². The number of rotatable bonds is 10. The highest BCUT2D eigenvalue weighted by Gasteiger charge is 2.25. The van der Waals surface area contributed by atoms with Crippen molar-refractivity contribution in [3.05, 3.63) is 35.9 Å². The molecule has 0 aromatic heterocycles. The topological polar surface area (TPSA) is 125 Å². The molecule has 0 fully saturated rings. The van der Waals surface area contributed by atoms with E-state index < -0.39 is 30.0 Å². The van der Waals surface area contributed by atoms with Crippen molar-refractivity contribution < 1.29 is 19.5 Å². The third-order valence-corrected chi connectivity index (χ3v) is 3.82. The van der Waals surface area contributed by atoms with Crippen LogP contribution >= 0.6 is 0 Å². The second kappa shape index (κ2) is 10.6. The number of ketones is 1. The molecular weight excluding hydrogens is 336 g/mol. The molecule has 0 bridgehead atoms. The Morgan fingerprint density at radius 1 is 1.19 bits per heavy atom. The van der Waals surface area contributed by atoms with E-state index in [1.54, 1.807) is 38.4 Å². The summed E-state index contributed by atoms with van der Waals surface area (Å²) in [4.78, 5) is 37.8. The summed E-state index contributed by atoms with van der Waals surface area (Å²) in [6.45, 7) is 1.56. The zero-order valence-electron chi connectivity index (χ0n) is 15.4. The molecule has 26 heavy (non-hydrogen) atoms. The molecule has 5 N–H and O–H groups in total. The van der Waals surface area contributed by atoms with Crippen molar-refractivity contribution >= 4 is 17.6 Å². The van der Waals surface area contributed by atoms with Gasteiger partial charge in [-0.15, -0.1) is 0 Å². The number of hydrogen-bond acceptors (Lipinski definition) is 6. The van der Waals surface area contributed by atoms with Crippen molar-refractivity contribution in [3.8, 4) is 0 Å². The largest absolute Gasteiger partial charge is 0.371 e. The van der Waals surface area contributed by atoms with Crippen LogP contribution in [0.3, 0.4) is 0 Å². The summed E-state index contributed by atoms with van der Waals surface area (Å²) < 4.78 is 0. The zero-order valence-corrected chi connectivity index (χ0v) is 15.4. The Hall–Kier alpha value is -2.29. The highest BCUT2D eigenvalue weighted by atomic mass is 16.3. The van der Waals surface area contributed by atoms with Crippen LogP contribution in [0.5, 0.6) is 0 Å². The maximum atomic E-state index is 12.4. The molecule has 0 aliphatic carbocycles. The maximum Gasteiger partial charge on any atom is 0.249 e. The summed E-state index contributed by atoms with van der Waals surface area (Å²) in [6.07, 6.45) is -0.357. The van der Waals surface area contributed by atoms with E-state index in [9.17, 15) is 19.5 Å². The lowest BCUT2D eigenvalue weighted by molar-refractivity contribution is -0.135. The lowest BCUT2D eigenvalue weighted by atomic mass is 10.1. The zero-order chi connectivity index (χ0) is 19.7. The highest BCUT2D eigenvalue weighted by Crippen LogP contribution is 2.14. The molecule has 2 amide bonds. The van der Waals surface area contributed by atoms with Gasteiger partial charge in [-0.05, 0) is 12.0 Å². The SMILES string of the molecule is CCCC(N)C(=O)[C@H](O)NCC(=O)N[C@H](C(=O)N(C)C)c1ccccc1. The number of benzene rings is 1. The lowest BCUT2D eigenvalue weighted by Gasteiger charge is -2.22. The predicted molar refractivity (Wildman–Crippen MR) is 97.9 cm³/mol. The van der Waals surface area contributed by atoms with Gasteiger partial charge in [0.05, 0.1) is 12.6 Å². The van der Waals surface area contributed by atoms with Gasteiger partial charge in [0, 0.05) is 14.1 Å². The highest BCUT2D eigenvalue weighted by molar-refractivity contribution is 5.90. The molecule has 8 nitrogen and oxygen atoms in total. The first-order valence-electron chi connectivity index (χ1n) is 8.54. The number of aliphatic hydroxyl groups excluding tert-OH is 1. The van der Waals surface area contributed by atoms with Crippen molar-refractivity contribution in [1.29, 1.82) is 0 Å². The number of Topliss-reactive ketones (excluding diaryl/α,β-unsaturated/α-hetero) is 1. The fourth-order valence-electron chi connectivity index (χ4n) is 2.35. The molecule has 1 aromatic carbocycles. The molecule has 144 valence electrons.